The zero-order valence-corrected chi connectivity index (χ0v) is 15.5. The Morgan fingerprint density at radius 1 is 0.524 bits per heavy atom. The SMILES string of the molecule is CCC1(SC2(CC)CCCCCCC2)CCCCCCC1. The van der Waals surface area contributed by atoms with E-state index in [-0.39, 0.29) is 0 Å². The van der Waals surface area contributed by atoms with Crippen LogP contribution in [0.3, 0.4) is 0 Å². The monoisotopic (exact) mass is 310 g/mol. The molecule has 124 valence electrons. The molecule has 0 spiro atoms. The molecule has 0 atom stereocenters. The summed E-state index contributed by atoms with van der Waals surface area (Å²) in [7, 11) is 0. The van der Waals surface area contributed by atoms with E-state index in [9.17, 15) is 0 Å². The minimum atomic E-state index is 0.621. The van der Waals surface area contributed by atoms with E-state index in [2.05, 4.69) is 25.6 Å². The quantitative estimate of drug-likeness (QED) is 0.518. The predicted octanol–water partition coefficient (Wildman–Crippen LogP) is 7.51. The summed E-state index contributed by atoms with van der Waals surface area (Å²) in [6, 6.07) is 0. The van der Waals surface area contributed by atoms with E-state index < -0.39 is 0 Å². The highest BCUT2D eigenvalue weighted by Gasteiger charge is 2.39. The van der Waals surface area contributed by atoms with Crippen LogP contribution < -0.4 is 0 Å². The zero-order valence-electron chi connectivity index (χ0n) is 14.7. The number of hydrogen-bond acceptors (Lipinski definition) is 1. The van der Waals surface area contributed by atoms with Gasteiger partial charge in [0.15, 0.2) is 0 Å². The van der Waals surface area contributed by atoms with Crippen LogP contribution >= 0.6 is 11.8 Å². The van der Waals surface area contributed by atoms with Crippen LogP contribution in [0, 0.1) is 0 Å². The Morgan fingerprint density at radius 2 is 0.810 bits per heavy atom. The van der Waals surface area contributed by atoms with Crippen molar-refractivity contribution < 1.29 is 0 Å². The molecule has 0 unspecified atom stereocenters. The van der Waals surface area contributed by atoms with Crippen molar-refractivity contribution in [2.45, 2.75) is 126 Å². The van der Waals surface area contributed by atoms with Gasteiger partial charge in [0, 0.05) is 9.49 Å². The van der Waals surface area contributed by atoms with Gasteiger partial charge in [-0.05, 0) is 38.5 Å². The van der Waals surface area contributed by atoms with Gasteiger partial charge in [-0.25, -0.2) is 0 Å². The first-order chi connectivity index (χ1) is 10.2. The summed E-state index contributed by atoms with van der Waals surface area (Å²) in [5.41, 5.74) is 0. The van der Waals surface area contributed by atoms with Gasteiger partial charge in [0.05, 0.1) is 0 Å². The molecule has 0 bridgehead atoms. The van der Waals surface area contributed by atoms with Crippen LogP contribution in [0.25, 0.3) is 0 Å². The van der Waals surface area contributed by atoms with Gasteiger partial charge in [-0.1, -0.05) is 78.1 Å². The molecule has 0 aromatic heterocycles. The van der Waals surface area contributed by atoms with Crippen molar-refractivity contribution in [1.82, 2.24) is 0 Å². The second kappa shape index (κ2) is 8.85. The first kappa shape index (κ1) is 17.7. The maximum Gasteiger partial charge on any atom is 0.0163 e. The van der Waals surface area contributed by atoms with Crippen molar-refractivity contribution in [2.24, 2.45) is 0 Å². The van der Waals surface area contributed by atoms with E-state index >= 15 is 0 Å². The Morgan fingerprint density at radius 3 is 1.10 bits per heavy atom. The lowest BCUT2D eigenvalue weighted by Crippen LogP contribution is -2.36. The van der Waals surface area contributed by atoms with E-state index in [4.69, 9.17) is 0 Å². The van der Waals surface area contributed by atoms with Gasteiger partial charge in [-0.2, -0.15) is 0 Å². The molecule has 21 heavy (non-hydrogen) atoms. The van der Waals surface area contributed by atoms with Gasteiger partial charge in [0.1, 0.15) is 0 Å². The maximum absolute atomic E-state index is 2.48. The van der Waals surface area contributed by atoms with Gasteiger partial charge >= 0.3 is 0 Å². The van der Waals surface area contributed by atoms with Crippen molar-refractivity contribution in [3.05, 3.63) is 0 Å². The lowest BCUT2D eigenvalue weighted by atomic mass is 9.87. The number of rotatable bonds is 4. The van der Waals surface area contributed by atoms with Crippen molar-refractivity contribution in [2.75, 3.05) is 0 Å². The molecule has 2 fully saturated rings. The Kier molecular flexibility index (Phi) is 7.46. The third-order valence-corrected chi connectivity index (χ3v) is 8.51. The average Bonchev–Trinajstić information content (AvgIpc) is 2.45. The third kappa shape index (κ3) is 5.19. The predicted molar refractivity (Wildman–Crippen MR) is 98.3 cm³/mol. The van der Waals surface area contributed by atoms with Crippen molar-refractivity contribution in [3.63, 3.8) is 0 Å². The fourth-order valence-electron chi connectivity index (χ4n) is 4.61. The van der Waals surface area contributed by atoms with Crippen LogP contribution in [0.4, 0.5) is 0 Å². The first-order valence-corrected chi connectivity index (χ1v) is 10.8. The number of thioether (sulfide) groups is 1. The summed E-state index contributed by atoms with van der Waals surface area (Å²) in [6.07, 6.45) is 23.7. The Hall–Kier alpha value is 0.350. The Bertz CT molecular complexity index is 240. The Labute approximate surface area is 138 Å². The summed E-state index contributed by atoms with van der Waals surface area (Å²) in [6.45, 7) is 4.95. The highest BCUT2D eigenvalue weighted by molar-refractivity contribution is 8.02. The van der Waals surface area contributed by atoms with Gasteiger partial charge in [0.25, 0.3) is 0 Å². The lowest BCUT2D eigenvalue weighted by Gasteiger charge is -2.44. The van der Waals surface area contributed by atoms with E-state index in [0.717, 1.165) is 0 Å². The summed E-state index contributed by atoms with van der Waals surface area (Å²) in [5.74, 6) is 0. The van der Waals surface area contributed by atoms with Crippen LogP contribution in [-0.4, -0.2) is 9.49 Å². The molecule has 2 aliphatic rings. The molecule has 0 heterocycles. The topological polar surface area (TPSA) is 0 Å². The largest absolute Gasteiger partial charge is 0.148 e. The van der Waals surface area contributed by atoms with Crippen molar-refractivity contribution in [3.8, 4) is 0 Å². The fraction of sp³-hybridized carbons (Fsp3) is 1.00. The molecule has 2 saturated carbocycles. The van der Waals surface area contributed by atoms with E-state index in [1.165, 1.54) is 103 Å². The smallest absolute Gasteiger partial charge is 0.0163 e. The van der Waals surface area contributed by atoms with Crippen molar-refractivity contribution >= 4 is 11.8 Å². The molecule has 0 aromatic carbocycles. The fourth-order valence-corrected chi connectivity index (χ4v) is 6.81. The van der Waals surface area contributed by atoms with Gasteiger partial charge in [0.2, 0.25) is 0 Å². The van der Waals surface area contributed by atoms with Gasteiger partial charge in [-0.3, -0.25) is 0 Å². The molecule has 0 saturated heterocycles. The molecule has 1 heteroatoms. The van der Waals surface area contributed by atoms with Crippen LogP contribution in [-0.2, 0) is 0 Å². The standard InChI is InChI=1S/C20H38S/c1-3-19(15-11-7-5-8-12-16-19)21-20(4-2)17-13-9-6-10-14-18-20/h3-18H2,1-2H3. The van der Waals surface area contributed by atoms with Crippen LogP contribution in [0.15, 0.2) is 0 Å². The molecule has 0 radical (unpaired) electrons. The Balaban J connectivity index is 2.07. The molecule has 2 rings (SSSR count). The molecule has 0 amide bonds. The molecular formula is C20H38S. The minimum Gasteiger partial charge on any atom is -0.148 e. The molecule has 0 nitrogen and oxygen atoms in total. The summed E-state index contributed by atoms with van der Waals surface area (Å²) < 4.78 is 1.24. The zero-order chi connectivity index (χ0) is 15.0. The second-order valence-electron chi connectivity index (χ2n) is 7.71. The lowest BCUT2D eigenvalue weighted by molar-refractivity contribution is 0.375. The van der Waals surface area contributed by atoms with Crippen LogP contribution in [0.1, 0.15) is 117 Å². The highest BCUT2D eigenvalue weighted by Crippen LogP contribution is 2.52. The van der Waals surface area contributed by atoms with Crippen LogP contribution in [0.5, 0.6) is 0 Å². The molecule has 0 N–H and O–H groups in total. The second-order valence-corrected chi connectivity index (χ2v) is 9.65. The normalized spacial score (nSPS) is 27.1. The summed E-state index contributed by atoms with van der Waals surface area (Å²) >= 11 is 2.48. The molecule has 0 aromatic rings. The molecule has 2 aliphatic carbocycles. The summed E-state index contributed by atoms with van der Waals surface area (Å²) in [5, 5.41) is 0. The van der Waals surface area contributed by atoms with Crippen molar-refractivity contribution in [1.29, 1.82) is 0 Å². The molecular weight excluding hydrogens is 272 g/mol. The summed E-state index contributed by atoms with van der Waals surface area (Å²) in [4.78, 5) is 0. The van der Waals surface area contributed by atoms with E-state index in [1.807, 2.05) is 0 Å². The first-order valence-electron chi connectivity index (χ1n) is 9.94. The average molecular weight is 311 g/mol. The third-order valence-electron chi connectivity index (χ3n) is 6.25. The van der Waals surface area contributed by atoms with Crippen LogP contribution in [0.2, 0.25) is 0 Å². The van der Waals surface area contributed by atoms with E-state index in [0.29, 0.717) is 9.49 Å². The minimum absolute atomic E-state index is 0.621. The van der Waals surface area contributed by atoms with Gasteiger partial charge < -0.3 is 0 Å². The number of hydrogen-bond donors (Lipinski definition) is 0. The van der Waals surface area contributed by atoms with E-state index in [1.54, 1.807) is 0 Å². The maximum atomic E-state index is 2.48. The highest BCUT2D eigenvalue weighted by atomic mass is 32.2. The molecule has 0 aliphatic heterocycles. The van der Waals surface area contributed by atoms with Gasteiger partial charge in [-0.15, -0.1) is 11.8 Å².